The third-order valence-electron chi connectivity index (χ3n) is 6.32. The largest absolute Gasteiger partial charge is 0.495 e. The minimum absolute atomic E-state index is 0.137. The Morgan fingerprint density at radius 3 is 2.52 bits per heavy atom. The molecule has 0 bridgehead atoms. The lowest BCUT2D eigenvalue weighted by atomic mass is 10.1. The van der Waals surface area contributed by atoms with Crippen molar-refractivity contribution in [2.45, 2.75) is 26.0 Å². The SMILES string of the molecule is COc1cnc2c(-c3nc4c(Cl)c(F)c(OC(C)C(C)N(C(=O)O)c5ccc(F)nc5)cc4s3)cc(Cl)cc2c1. The number of carbonyl (C=O) groups is 1. The number of hydrogen-bond donors (Lipinski definition) is 1. The summed E-state index contributed by atoms with van der Waals surface area (Å²) in [4.78, 5) is 25.5. The number of methoxy groups -OCH3 is 1. The van der Waals surface area contributed by atoms with Gasteiger partial charge in [0.25, 0.3) is 0 Å². The first-order valence-corrected chi connectivity index (χ1v) is 13.4. The molecule has 2 unspecified atom stereocenters. The second-order valence-electron chi connectivity index (χ2n) is 8.82. The van der Waals surface area contributed by atoms with Gasteiger partial charge in [-0.3, -0.25) is 9.88 Å². The number of carboxylic acid groups (broad SMARTS) is 1. The summed E-state index contributed by atoms with van der Waals surface area (Å²) in [5, 5.41) is 11.3. The van der Waals surface area contributed by atoms with Crippen LogP contribution in [0.5, 0.6) is 11.5 Å². The van der Waals surface area contributed by atoms with Crippen LogP contribution in [0.1, 0.15) is 13.8 Å². The van der Waals surface area contributed by atoms with Gasteiger partial charge < -0.3 is 14.6 Å². The third-order valence-corrected chi connectivity index (χ3v) is 7.92. The van der Waals surface area contributed by atoms with Crippen molar-refractivity contribution in [3.63, 3.8) is 0 Å². The van der Waals surface area contributed by atoms with E-state index in [-0.39, 0.29) is 22.0 Å². The highest BCUT2D eigenvalue weighted by atomic mass is 35.5. The highest BCUT2D eigenvalue weighted by Gasteiger charge is 2.29. The molecule has 1 amide bonds. The Morgan fingerprint density at radius 2 is 1.85 bits per heavy atom. The zero-order valence-electron chi connectivity index (χ0n) is 21.2. The second-order valence-corrected chi connectivity index (χ2v) is 10.7. The molecule has 0 aliphatic heterocycles. The Morgan fingerprint density at radius 1 is 1.07 bits per heavy atom. The van der Waals surface area contributed by atoms with Gasteiger partial charge in [0.05, 0.1) is 41.4 Å². The minimum Gasteiger partial charge on any atom is -0.495 e. The van der Waals surface area contributed by atoms with Crippen LogP contribution < -0.4 is 14.4 Å². The number of amides is 1. The lowest BCUT2D eigenvalue weighted by Crippen LogP contribution is -2.46. The molecule has 2 atom stereocenters. The topological polar surface area (TPSA) is 97.7 Å². The van der Waals surface area contributed by atoms with Crippen LogP contribution >= 0.6 is 34.5 Å². The van der Waals surface area contributed by atoms with Gasteiger partial charge in [-0.25, -0.2) is 19.2 Å². The Balaban J connectivity index is 1.50. The molecule has 0 spiro atoms. The van der Waals surface area contributed by atoms with E-state index in [4.69, 9.17) is 32.7 Å². The quantitative estimate of drug-likeness (QED) is 0.189. The predicted molar refractivity (Wildman–Crippen MR) is 151 cm³/mol. The summed E-state index contributed by atoms with van der Waals surface area (Å²) in [7, 11) is 1.54. The fourth-order valence-corrected chi connectivity index (χ4v) is 5.73. The van der Waals surface area contributed by atoms with Gasteiger partial charge in [-0.15, -0.1) is 11.3 Å². The Kier molecular flexibility index (Phi) is 7.63. The minimum atomic E-state index is -1.31. The van der Waals surface area contributed by atoms with Crippen LogP contribution in [0.2, 0.25) is 10.0 Å². The first-order chi connectivity index (χ1) is 19.1. The van der Waals surface area contributed by atoms with Gasteiger partial charge in [0.15, 0.2) is 11.6 Å². The molecule has 0 saturated carbocycles. The third kappa shape index (κ3) is 5.19. The number of benzene rings is 2. The van der Waals surface area contributed by atoms with E-state index in [0.29, 0.717) is 31.6 Å². The number of ether oxygens (including phenoxy) is 2. The second kappa shape index (κ2) is 11.0. The molecular weight excluding hydrogens is 585 g/mol. The van der Waals surface area contributed by atoms with Gasteiger partial charge in [0, 0.05) is 22.0 Å². The number of nitrogens with zero attached hydrogens (tertiary/aromatic N) is 4. The molecule has 3 aromatic heterocycles. The summed E-state index contributed by atoms with van der Waals surface area (Å²) in [5.41, 5.74) is 1.64. The molecule has 1 N–H and O–H groups in total. The number of hydrogen-bond acceptors (Lipinski definition) is 7. The average molecular weight is 605 g/mol. The fourth-order valence-electron chi connectivity index (χ4n) is 4.19. The summed E-state index contributed by atoms with van der Waals surface area (Å²) in [6, 6.07) is 8.27. The molecule has 206 valence electrons. The summed E-state index contributed by atoms with van der Waals surface area (Å²) >= 11 is 14.0. The van der Waals surface area contributed by atoms with Crippen LogP contribution in [-0.4, -0.2) is 45.4 Å². The normalized spacial score (nSPS) is 12.9. The summed E-state index contributed by atoms with van der Waals surface area (Å²) in [5.74, 6) is -1.19. The number of halogens is 4. The van der Waals surface area contributed by atoms with Crippen LogP contribution in [0, 0.1) is 11.8 Å². The monoisotopic (exact) mass is 604 g/mol. The van der Waals surface area contributed by atoms with Gasteiger partial charge in [-0.05, 0) is 44.2 Å². The maximum atomic E-state index is 15.4. The zero-order valence-corrected chi connectivity index (χ0v) is 23.5. The van der Waals surface area contributed by atoms with E-state index >= 15 is 4.39 Å². The van der Waals surface area contributed by atoms with Crippen molar-refractivity contribution in [3.05, 3.63) is 70.6 Å². The smallest absolute Gasteiger partial charge is 0.412 e. The van der Waals surface area contributed by atoms with Crippen molar-refractivity contribution in [2.24, 2.45) is 0 Å². The lowest BCUT2D eigenvalue weighted by Gasteiger charge is -2.31. The number of thiazole rings is 1. The van der Waals surface area contributed by atoms with Gasteiger partial charge in [-0.2, -0.15) is 4.39 Å². The van der Waals surface area contributed by atoms with Gasteiger partial charge in [0.2, 0.25) is 5.95 Å². The number of anilines is 1. The molecule has 5 aromatic rings. The van der Waals surface area contributed by atoms with E-state index in [1.807, 2.05) is 0 Å². The maximum absolute atomic E-state index is 15.4. The van der Waals surface area contributed by atoms with Crippen molar-refractivity contribution in [3.8, 4) is 22.1 Å². The van der Waals surface area contributed by atoms with Crippen molar-refractivity contribution in [1.82, 2.24) is 15.0 Å². The van der Waals surface area contributed by atoms with E-state index in [2.05, 4.69) is 15.0 Å². The summed E-state index contributed by atoms with van der Waals surface area (Å²) in [6.07, 6.45) is 0.529. The molecule has 13 heteroatoms. The first-order valence-electron chi connectivity index (χ1n) is 11.8. The van der Waals surface area contributed by atoms with Crippen LogP contribution in [0.3, 0.4) is 0 Å². The van der Waals surface area contributed by atoms with E-state index in [1.165, 1.54) is 23.5 Å². The summed E-state index contributed by atoms with van der Waals surface area (Å²) in [6.45, 7) is 3.17. The van der Waals surface area contributed by atoms with E-state index < -0.39 is 30.0 Å². The van der Waals surface area contributed by atoms with Crippen LogP contribution in [0.15, 0.2) is 48.8 Å². The highest BCUT2D eigenvalue weighted by Crippen LogP contribution is 2.41. The molecule has 2 aromatic carbocycles. The van der Waals surface area contributed by atoms with Crippen molar-refractivity contribution < 1.29 is 28.2 Å². The predicted octanol–water partition coefficient (Wildman–Crippen LogP) is 7.84. The molecule has 0 aliphatic rings. The molecular formula is C27H20Cl2F2N4O4S. The molecule has 0 radical (unpaired) electrons. The van der Waals surface area contributed by atoms with Gasteiger partial charge >= 0.3 is 6.09 Å². The maximum Gasteiger partial charge on any atom is 0.412 e. The van der Waals surface area contributed by atoms with Crippen molar-refractivity contribution >= 4 is 67.4 Å². The number of fused-ring (bicyclic) bond motifs is 2. The molecule has 0 saturated heterocycles. The standard InChI is InChI=1S/C27H20Cl2F2N4O4S/c1-12(35(27(36)37)16-4-5-21(30)32-10-16)13(2)39-19-9-20-25(22(29)23(19)31)34-26(40-20)18-8-15(28)6-14-7-17(38-3)11-33-24(14)18/h4-13H,1-3H3,(H,36,37). The molecule has 3 heterocycles. The summed E-state index contributed by atoms with van der Waals surface area (Å²) < 4.78 is 40.3. The number of aromatic nitrogens is 3. The van der Waals surface area contributed by atoms with Gasteiger partial charge in [0.1, 0.15) is 27.4 Å². The van der Waals surface area contributed by atoms with Crippen LogP contribution in [0.25, 0.3) is 31.7 Å². The first kappa shape index (κ1) is 27.8. The van der Waals surface area contributed by atoms with E-state index in [1.54, 1.807) is 45.4 Å². The van der Waals surface area contributed by atoms with E-state index in [9.17, 15) is 14.3 Å². The zero-order chi connectivity index (χ0) is 28.7. The highest BCUT2D eigenvalue weighted by molar-refractivity contribution is 7.21. The Labute approximate surface area is 240 Å². The average Bonchev–Trinajstić information content (AvgIpc) is 3.35. The van der Waals surface area contributed by atoms with E-state index in [0.717, 1.165) is 22.5 Å². The molecule has 0 fully saturated rings. The van der Waals surface area contributed by atoms with Crippen molar-refractivity contribution in [2.75, 3.05) is 12.0 Å². The molecule has 8 nitrogen and oxygen atoms in total. The fraction of sp³-hybridized carbons (Fsp3) is 0.185. The molecule has 5 rings (SSSR count). The Hall–Kier alpha value is -3.80. The van der Waals surface area contributed by atoms with Crippen molar-refractivity contribution in [1.29, 1.82) is 0 Å². The Bertz CT molecular complexity index is 1750. The lowest BCUT2D eigenvalue weighted by molar-refractivity contribution is 0.167. The molecule has 0 aliphatic carbocycles. The number of rotatable bonds is 7. The van der Waals surface area contributed by atoms with Gasteiger partial charge in [-0.1, -0.05) is 23.2 Å². The van der Waals surface area contributed by atoms with Crippen LogP contribution in [-0.2, 0) is 0 Å². The molecule has 40 heavy (non-hydrogen) atoms. The van der Waals surface area contributed by atoms with Crippen LogP contribution in [0.4, 0.5) is 19.3 Å². The number of pyridine rings is 2.